The highest BCUT2D eigenvalue weighted by Gasteiger charge is 2.30. The number of anilines is 2. The van der Waals surface area contributed by atoms with E-state index in [1.54, 1.807) is 54.5 Å². The van der Waals surface area contributed by atoms with Gasteiger partial charge < -0.3 is 19.2 Å². The summed E-state index contributed by atoms with van der Waals surface area (Å²) in [4.78, 5) is 65.6. The Bertz CT molecular complexity index is 2620. The van der Waals surface area contributed by atoms with Gasteiger partial charge in [-0.1, -0.05) is 23.4 Å². The number of amides is 3. The third kappa shape index (κ3) is 6.40. The molecule has 8 rings (SSSR count). The van der Waals surface area contributed by atoms with E-state index in [0.29, 0.717) is 39.5 Å². The molecular weight excluding hydrogens is 694 g/mol. The summed E-state index contributed by atoms with van der Waals surface area (Å²) in [6.45, 7) is 2.65. The number of aromatic nitrogens is 4. The summed E-state index contributed by atoms with van der Waals surface area (Å²) >= 11 is 6.55. The maximum absolute atomic E-state index is 12.9. The number of fused-ring (bicyclic) bond motifs is 3. The third-order valence-corrected chi connectivity index (χ3v) is 9.95. The average molecular weight is 726 g/mol. The minimum absolute atomic E-state index is 0.0621. The van der Waals surface area contributed by atoms with Crippen molar-refractivity contribution in [3.8, 4) is 23.2 Å². The number of rotatable bonds is 5. The highest BCUT2D eigenvalue weighted by Crippen LogP contribution is 2.39. The molecule has 1 atom stereocenters. The van der Waals surface area contributed by atoms with E-state index < -0.39 is 5.92 Å². The number of benzene rings is 2. The van der Waals surface area contributed by atoms with Crippen LogP contribution in [0.4, 0.5) is 11.4 Å². The van der Waals surface area contributed by atoms with Crippen LogP contribution in [0.1, 0.15) is 58.1 Å². The first kappa shape index (κ1) is 33.8. The number of aryl methyl sites for hydroxylation is 3. The zero-order valence-corrected chi connectivity index (χ0v) is 29.6. The Morgan fingerprint density at radius 2 is 1.91 bits per heavy atom. The van der Waals surface area contributed by atoms with Gasteiger partial charge in [0.25, 0.3) is 11.5 Å². The Kier molecular flexibility index (Phi) is 8.72. The number of pyridine rings is 2. The maximum Gasteiger partial charge on any atom is 0.270 e. The molecule has 0 spiro atoms. The van der Waals surface area contributed by atoms with Gasteiger partial charge >= 0.3 is 0 Å². The average Bonchev–Trinajstić information content (AvgIpc) is 3.58. The number of nitrogens with zero attached hydrogens (tertiary/aromatic N) is 5. The lowest BCUT2D eigenvalue weighted by molar-refractivity contribution is -0.134. The Balaban J connectivity index is 0.949. The Morgan fingerprint density at radius 3 is 2.72 bits per heavy atom. The van der Waals surface area contributed by atoms with Gasteiger partial charge in [0.1, 0.15) is 11.3 Å². The molecule has 12 nitrogen and oxygen atoms in total. The van der Waals surface area contributed by atoms with Crippen LogP contribution in [0.3, 0.4) is 0 Å². The molecule has 2 N–H and O–H groups in total. The lowest BCUT2D eigenvalue weighted by Crippen LogP contribution is -2.39. The zero-order valence-electron chi connectivity index (χ0n) is 28.8. The van der Waals surface area contributed by atoms with E-state index in [1.165, 1.54) is 0 Å². The molecule has 4 aromatic heterocycles. The van der Waals surface area contributed by atoms with E-state index in [0.717, 1.165) is 58.3 Å². The van der Waals surface area contributed by atoms with Crippen molar-refractivity contribution in [2.24, 2.45) is 7.05 Å². The van der Waals surface area contributed by atoms with Crippen LogP contribution in [0, 0.1) is 18.8 Å². The normalized spacial score (nSPS) is 15.5. The molecular formula is C40H32ClN7O5. The summed E-state index contributed by atoms with van der Waals surface area (Å²) in [5.74, 6) is 5.07. The summed E-state index contributed by atoms with van der Waals surface area (Å²) in [5, 5.41) is 7.39. The molecule has 1 saturated heterocycles. The third-order valence-electron chi connectivity index (χ3n) is 9.73. The molecule has 0 radical (unpaired) electrons. The minimum Gasteiger partial charge on any atom is -0.464 e. The molecule has 2 aromatic carbocycles. The van der Waals surface area contributed by atoms with E-state index in [1.807, 2.05) is 31.2 Å². The van der Waals surface area contributed by atoms with Crippen LogP contribution in [0.15, 0.2) is 76.4 Å². The summed E-state index contributed by atoms with van der Waals surface area (Å²) < 4.78 is 7.27. The summed E-state index contributed by atoms with van der Waals surface area (Å²) in [5.41, 5.74) is 6.93. The SMILES string of the molecule is Cc1cc2c(N3CCCc4nc(-c5ccc(C(=O)NCC#Cc6ccc7occ(C8CCC(=O)NC8=O)c7c6)nc5)ncc43)cc(Cl)cc2n(C)c1=O. The summed E-state index contributed by atoms with van der Waals surface area (Å²) in [6.07, 6.45) is 7.27. The molecule has 1 fully saturated rings. The molecule has 53 heavy (non-hydrogen) atoms. The van der Waals surface area contributed by atoms with Gasteiger partial charge in [-0.2, -0.15) is 0 Å². The number of imide groups is 1. The smallest absolute Gasteiger partial charge is 0.270 e. The lowest BCUT2D eigenvalue weighted by Gasteiger charge is -2.31. The van der Waals surface area contributed by atoms with Crippen molar-refractivity contribution >= 4 is 62.6 Å². The van der Waals surface area contributed by atoms with Gasteiger partial charge in [0, 0.05) is 64.3 Å². The van der Waals surface area contributed by atoms with Gasteiger partial charge in [-0.25, -0.2) is 9.97 Å². The largest absolute Gasteiger partial charge is 0.464 e. The number of carbonyl (C=O) groups is 3. The van der Waals surface area contributed by atoms with Crippen molar-refractivity contribution in [1.82, 2.24) is 30.2 Å². The second-order valence-electron chi connectivity index (χ2n) is 13.2. The maximum atomic E-state index is 12.9. The van der Waals surface area contributed by atoms with Gasteiger partial charge in [0.2, 0.25) is 11.8 Å². The zero-order chi connectivity index (χ0) is 36.8. The van der Waals surface area contributed by atoms with Crippen molar-refractivity contribution < 1.29 is 18.8 Å². The van der Waals surface area contributed by atoms with E-state index >= 15 is 0 Å². The second kappa shape index (κ2) is 13.7. The van der Waals surface area contributed by atoms with Crippen LogP contribution in [-0.4, -0.2) is 50.3 Å². The van der Waals surface area contributed by atoms with Crippen LogP contribution in [0.25, 0.3) is 33.3 Å². The minimum atomic E-state index is -0.468. The number of hydrogen-bond acceptors (Lipinski definition) is 9. The molecule has 1 unspecified atom stereocenters. The number of halogens is 1. The first-order chi connectivity index (χ1) is 25.6. The fraction of sp³-hybridized carbons (Fsp3) is 0.225. The highest BCUT2D eigenvalue weighted by atomic mass is 35.5. The van der Waals surface area contributed by atoms with Crippen LogP contribution < -0.4 is 21.1 Å². The Morgan fingerprint density at radius 1 is 1.04 bits per heavy atom. The first-order valence-electron chi connectivity index (χ1n) is 17.2. The monoisotopic (exact) mass is 725 g/mol. The van der Waals surface area contributed by atoms with E-state index in [4.69, 9.17) is 21.0 Å². The number of piperidine rings is 1. The van der Waals surface area contributed by atoms with Crippen molar-refractivity contribution in [2.45, 2.75) is 38.5 Å². The lowest BCUT2D eigenvalue weighted by atomic mass is 9.90. The summed E-state index contributed by atoms with van der Waals surface area (Å²) in [6, 6.07) is 14.5. The second-order valence-corrected chi connectivity index (χ2v) is 13.6. The quantitative estimate of drug-likeness (QED) is 0.174. The van der Waals surface area contributed by atoms with Gasteiger partial charge in [-0.3, -0.25) is 29.5 Å². The van der Waals surface area contributed by atoms with Crippen molar-refractivity contribution in [3.05, 3.63) is 111 Å². The molecule has 6 aromatic rings. The van der Waals surface area contributed by atoms with Crippen LogP contribution in [-0.2, 0) is 23.1 Å². The van der Waals surface area contributed by atoms with Gasteiger partial charge in [-0.15, -0.1) is 0 Å². The van der Waals surface area contributed by atoms with Crippen LogP contribution in [0.5, 0.6) is 0 Å². The molecule has 264 valence electrons. The molecule has 0 bridgehead atoms. The number of nitrogens with one attached hydrogen (secondary N) is 2. The van der Waals surface area contributed by atoms with E-state index in [9.17, 15) is 19.2 Å². The van der Waals surface area contributed by atoms with Gasteiger partial charge in [0.05, 0.1) is 47.5 Å². The fourth-order valence-corrected chi connectivity index (χ4v) is 7.24. The fourth-order valence-electron chi connectivity index (χ4n) is 7.03. The molecule has 2 aliphatic heterocycles. The molecule has 0 saturated carbocycles. The highest BCUT2D eigenvalue weighted by molar-refractivity contribution is 6.32. The number of hydrogen-bond donors (Lipinski definition) is 2. The van der Waals surface area contributed by atoms with Crippen molar-refractivity contribution in [3.63, 3.8) is 0 Å². The number of furan rings is 1. The Hall–Kier alpha value is -6.32. The summed E-state index contributed by atoms with van der Waals surface area (Å²) in [7, 11) is 1.75. The van der Waals surface area contributed by atoms with Crippen LogP contribution in [0.2, 0.25) is 5.02 Å². The standard InChI is InChI=1S/C40H32ClN7O5/c1-22-15-28-32(47(2)40(22)52)17-25(41)18-33(28)48-14-4-6-30-34(48)20-44-37(45-30)24-8-10-31(43-19-24)39(51)42-13-3-5-23-7-11-35-27(16-23)29(21-53-35)26-9-12-36(49)46-38(26)50/h7-8,10-11,15-21,26H,4,6,9,12-14H2,1-2H3,(H,42,51)(H,46,49,50). The van der Waals surface area contributed by atoms with E-state index in [-0.39, 0.29) is 41.9 Å². The molecule has 2 aliphatic rings. The molecule has 0 aliphatic carbocycles. The van der Waals surface area contributed by atoms with Crippen molar-refractivity contribution in [1.29, 1.82) is 0 Å². The van der Waals surface area contributed by atoms with Gasteiger partial charge in [-0.05, 0) is 74.7 Å². The molecule has 13 heteroatoms. The molecule has 6 heterocycles. The van der Waals surface area contributed by atoms with E-state index in [2.05, 4.69) is 37.3 Å². The van der Waals surface area contributed by atoms with Crippen LogP contribution >= 0.6 is 11.6 Å². The Labute approximate surface area is 308 Å². The molecule has 3 amide bonds. The number of carbonyl (C=O) groups excluding carboxylic acids is 3. The van der Waals surface area contributed by atoms with Crippen molar-refractivity contribution in [2.75, 3.05) is 18.0 Å². The topological polar surface area (TPSA) is 152 Å². The first-order valence-corrected chi connectivity index (χ1v) is 17.5. The predicted molar refractivity (Wildman–Crippen MR) is 200 cm³/mol. The van der Waals surface area contributed by atoms with Gasteiger partial charge in [0.15, 0.2) is 5.82 Å². The predicted octanol–water partition coefficient (Wildman–Crippen LogP) is 5.48.